The third-order valence-electron chi connectivity index (χ3n) is 5.89. The third-order valence-corrected chi connectivity index (χ3v) is 6.18. The number of benzene rings is 2. The predicted molar refractivity (Wildman–Crippen MR) is 133 cm³/mol. The second-order valence-electron chi connectivity index (χ2n) is 10.0. The van der Waals surface area contributed by atoms with E-state index in [4.69, 9.17) is 16.3 Å². The first-order valence-electron chi connectivity index (χ1n) is 11.4. The Kier molecular flexibility index (Phi) is 7.45. The number of carbonyl (C=O) groups is 3. The number of hydrogen-bond acceptors (Lipinski definition) is 4. The smallest absolute Gasteiger partial charge is 0.410 e. The van der Waals surface area contributed by atoms with Crippen molar-refractivity contribution in [3.63, 3.8) is 0 Å². The van der Waals surface area contributed by atoms with Gasteiger partial charge in [-0.2, -0.15) is 0 Å². The Bertz CT molecular complexity index is 1150. The molecule has 3 amide bonds. The highest BCUT2D eigenvalue weighted by Gasteiger charge is 2.54. The molecule has 2 aromatic carbocycles. The molecule has 0 radical (unpaired) electrons. The summed E-state index contributed by atoms with van der Waals surface area (Å²) in [4.78, 5) is 40.4. The van der Waals surface area contributed by atoms with Gasteiger partial charge in [0.2, 0.25) is 5.91 Å². The van der Waals surface area contributed by atoms with E-state index in [0.717, 1.165) is 17.2 Å². The molecule has 0 bridgehead atoms. The van der Waals surface area contributed by atoms with Gasteiger partial charge in [0.05, 0.1) is 16.3 Å². The highest BCUT2D eigenvalue weighted by atomic mass is 35.5. The second kappa shape index (κ2) is 9.85. The van der Waals surface area contributed by atoms with Gasteiger partial charge in [0, 0.05) is 20.1 Å². The summed E-state index contributed by atoms with van der Waals surface area (Å²) in [6.07, 6.45) is -0.522. The number of ether oxygens (including phenoxy) is 1. The van der Waals surface area contributed by atoms with E-state index in [1.165, 1.54) is 18.0 Å². The summed E-state index contributed by atoms with van der Waals surface area (Å²) in [5.74, 6) is -1.64. The Labute approximate surface area is 210 Å². The highest BCUT2D eigenvalue weighted by molar-refractivity contribution is 6.31. The van der Waals surface area contributed by atoms with Crippen molar-refractivity contribution >= 4 is 35.2 Å². The zero-order chi connectivity index (χ0) is 26.1. The van der Waals surface area contributed by atoms with E-state index in [1.807, 2.05) is 38.1 Å². The van der Waals surface area contributed by atoms with Crippen LogP contribution in [0.15, 0.2) is 36.4 Å². The van der Waals surface area contributed by atoms with Crippen LogP contribution in [0.3, 0.4) is 0 Å². The Morgan fingerprint density at radius 1 is 1.14 bits per heavy atom. The molecule has 35 heavy (non-hydrogen) atoms. The van der Waals surface area contributed by atoms with E-state index in [0.29, 0.717) is 0 Å². The first-order valence-corrected chi connectivity index (χ1v) is 11.8. The van der Waals surface area contributed by atoms with Crippen LogP contribution in [0.1, 0.15) is 62.0 Å². The van der Waals surface area contributed by atoms with Gasteiger partial charge in [-0.15, -0.1) is 0 Å². The van der Waals surface area contributed by atoms with Crippen molar-refractivity contribution in [1.82, 2.24) is 10.2 Å². The molecule has 0 atom stereocenters. The van der Waals surface area contributed by atoms with Crippen molar-refractivity contribution in [2.24, 2.45) is 0 Å². The molecule has 1 heterocycles. The molecule has 0 aliphatic carbocycles. The molecule has 1 fully saturated rings. The predicted octanol–water partition coefficient (Wildman–Crippen LogP) is 5.09. The molecule has 2 aromatic rings. The lowest BCUT2D eigenvalue weighted by atomic mass is 9.70. The largest absolute Gasteiger partial charge is 0.444 e. The summed E-state index contributed by atoms with van der Waals surface area (Å²) in [6, 6.07) is 9.74. The molecular weight excluding hydrogens is 473 g/mol. The fraction of sp³-hybridized carbons (Fsp3) is 0.423. The molecular formula is C26H31ClFN3O4. The first-order chi connectivity index (χ1) is 16.3. The molecule has 1 aliphatic heterocycles. The van der Waals surface area contributed by atoms with Crippen molar-refractivity contribution in [3.8, 4) is 0 Å². The fourth-order valence-electron chi connectivity index (χ4n) is 4.15. The number of rotatable bonds is 5. The van der Waals surface area contributed by atoms with Crippen LogP contribution < -0.4 is 10.6 Å². The minimum Gasteiger partial charge on any atom is -0.444 e. The Balaban J connectivity index is 2.03. The Morgan fingerprint density at radius 2 is 1.77 bits per heavy atom. The van der Waals surface area contributed by atoms with Gasteiger partial charge in [0.1, 0.15) is 16.8 Å². The maximum absolute atomic E-state index is 14.3. The van der Waals surface area contributed by atoms with Gasteiger partial charge in [-0.1, -0.05) is 49.7 Å². The normalized spacial score (nSPS) is 14.8. The molecule has 1 aliphatic rings. The number of hydrogen-bond donors (Lipinski definition) is 2. The zero-order valence-electron chi connectivity index (χ0n) is 20.8. The number of halogens is 2. The zero-order valence-corrected chi connectivity index (χ0v) is 21.5. The average molecular weight is 504 g/mol. The second-order valence-corrected chi connectivity index (χ2v) is 10.4. The van der Waals surface area contributed by atoms with Crippen LogP contribution in [-0.2, 0) is 14.9 Å². The fourth-order valence-corrected chi connectivity index (χ4v) is 4.31. The van der Waals surface area contributed by atoms with Gasteiger partial charge >= 0.3 is 6.09 Å². The molecule has 0 unspecified atom stereocenters. The molecule has 9 heteroatoms. The molecule has 0 saturated carbocycles. The lowest BCUT2D eigenvalue weighted by molar-refractivity contribution is -0.127. The monoisotopic (exact) mass is 503 g/mol. The molecule has 3 rings (SSSR count). The quantitative estimate of drug-likeness (QED) is 0.595. The summed E-state index contributed by atoms with van der Waals surface area (Å²) in [7, 11) is 1.43. The van der Waals surface area contributed by atoms with Gasteiger partial charge in [-0.25, -0.2) is 9.18 Å². The molecule has 7 nitrogen and oxygen atoms in total. The topological polar surface area (TPSA) is 87.7 Å². The molecule has 1 saturated heterocycles. The number of carbonyl (C=O) groups excluding carboxylic acids is 3. The Hall–Kier alpha value is -3.13. The number of nitrogens with zero attached hydrogens (tertiary/aromatic N) is 1. The van der Waals surface area contributed by atoms with E-state index in [2.05, 4.69) is 10.6 Å². The number of likely N-dealkylation sites (tertiary alicyclic amines) is 1. The van der Waals surface area contributed by atoms with Crippen molar-refractivity contribution in [3.05, 3.63) is 63.9 Å². The summed E-state index contributed by atoms with van der Waals surface area (Å²) in [6.45, 7) is 9.50. The summed E-state index contributed by atoms with van der Waals surface area (Å²) < 4.78 is 19.8. The molecule has 2 N–H and O–H groups in total. The van der Waals surface area contributed by atoms with E-state index in [9.17, 15) is 18.8 Å². The lowest BCUT2D eigenvalue weighted by Gasteiger charge is -2.49. The van der Waals surface area contributed by atoms with Crippen molar-refractivity contribution in [2.75, 3.05) is 25.5 Å². The SMILES string of the molecule is CNC(=O)c1cc(Cl)c(F)cc1NC(=O)C1(c2ccccc2C(C)C)CN(C(=O)OC(C)(C)C)C1. The minimum absolute atomic E-state index is 0.00614. The van der Waals surface area contributed by atoms with Crippen LogP contribution in [0.2, 0.25) is 5.02 Å². The van der Waals surface area contributed by atoms with Gasteiger partial charge in [-0.3, -0.25) is 9.59 Å². The van der Waals surface area contributed by atoms with Crippen LogP contribution in [-0.4, -0.2) is 48.5 Å². The molecule has 0 spiro atoms. The number of anilines is 1. The molecule has 188 valence electrons. The summed E-state index contributed by atoms with van der Waals surface area (Å²) in [5.41, 5.74) is -0.0513. The maximum atomic E-state index is 14.3. The maximum Gasteiger partial charge on any atom is 0.410 e. The first kappa shape index (κ1) is 26.5. The van der Waals surface area contributed by atoms with E-state index in [-0.39, 0.29) is 35.3 Å². The highest BCUT2D eigenvalue weighted by Crippen LogP contribution is 2.41. The van der Waals surface area contributed by atoms with E-state index in [1.54, 1.807) is 20.8 Å². The summed E-state index contributed by atoms with van der Waals surface area (Å²) >= 11 is 5.88. The summed E-state index contributed by atoms with van der Waals surface area (Å²) in [5, 5.41) is 4.96. The average Bonchev–Trinajstić information content (AvgIpc) is 2.73. The number of amides is 3. The van der Waals surface area contributed by atoms with E-state index >= 15 is 0 Å². The third kappa shape index (κ3) is 5.42. The van der Waals surface area contributed by atoms with Crippen LogP contribution >= 0.6 is 11.6 Å². The standard InChI is InChI=1S/C26H31ClFN3O4/c1-15(2)16-9-7-8-10-18(16)26(13-31(14-26)24(34)35-25(3,4)5)23(33)30-21-12-20(28)19(27)11-17(21)22(32)29-6/h7-12,15H,13-14H2,1-6H3,(H,29,32)(H,30,33). The van der Waals surface area contributed by atoms with Crippen LogP contribution in [0.4, 0.5) is 14.9 Å². The van der Waals surface area contributed by atoms with Crippen LogP contribution in [0.5, 0.6) is 0 Å². The van der Waals surface area contributed by atoms with Crippen molar-refractivity contribution in [1.29, 1.82) is 0 Å². The van der Waals surface area contributed by atoms with Gasteiger partial charge in [0.15, 0.2) is 0 Å². The van der Waals surface area contributed by atoms with E-state index < -0.39 is 34.7 Å². The lowest BCUT2D eigenvalue weighted by Crippen LogP contribution is -2.67. The Morgan fingerprint density at radius 3 is 2.34 bits per heavy atom. The van der Waals surface area contributed by atoms with Crippen molar-refractivity contribution < 1.29 is 23.5 Å². The van der Waals surface area contributed by atoms with Gasteiger partial charge in [-0.05, 0) is 49.9 Å². The molecule has 0 aromatic heterocycles. The minimum atomic E-state index is -1.12. The van der Waals surface area contributed by atoms with Crippen LogP contribution in [0.25, 0.3) is 0 Å². The van der Waals surface area contributed by atoms with Gasteiger partial charge in [0.25, 0.3) is 5.91 Å². The number of nitrogens with one attached hydrogen (secondary N) is 2. The van der Waals surface area contributed by atoms with Gasteiger partial charge < -0.3 is 20.3 Å². The van der Waals surface area contributed by atoms with Crippen molar-refractivity contribution in [2.45, 2.75) is 51.6 Å². The van der Waals surface area contributed by atoms with Crippen LogP contribution in [0, 0.1) is 5.82 Å².